The second kappa shape index (κ2) is 12.0. The maximum absolute atomic E-state index is 12.4. The summed E-state index contributed by atoms with van der Waals surface area (Å²) in [5, 5.41) is 15.3. The molecule has 216 valence electrons. The van der Waals surface area contributed by atoms with Crippen molar-refractivity contribution in [1.29, 1.82) is 0 Å². The van der Waals surface area contributed by atoms with Crippen molar-refractivity contribution in [3.05, 3.63) is 23.4 Å². The van der Waals surface area contributed by atoms with Crippen molar-refractivity contribution in [2.75, 3.05) is 31.6 Å². The molecule has 1 aromatic rings. The molecule has 0 spiro atoms. The highest BCUT2D eigenvalue weighted by Crippen LogP contribution is 2.34. The number of aliphatic carboxylic acids is 1. The number of amides is 2. The molecule has 2 aliphatic heterocycles. The highest BCUT2D eigenvalue weighted by Gasteiger charge is 2.46. The third kappa shape index (κ3) is 8.20. The topological polar surface area (TPSA) is 139 Å². The van der Waals surface area contributed by atoms with E-state index >= 15 is 0 Å². The molecule has 0 bridgehead atoms. The summed E-state index contributed by atoms with van der Waals surface area (Å²) in [5.41, 5.74) is 0.900. The summed E-state index contributed by atoms with van der Waals surface area (Å²) >= 11 is 0. The van der Waals surface area contributed by atoms with E-state index in [0.29, 0.717) is 5.92 Å². The maximum atomic E-state index is 12.4. The minimum absolute atomic E-state index is 0.113. The third-order valence-corrected chi connectivity index (χ3v) is 7.34. The van der Waals surface area contributed by atoms with Gasteiger partial charge in [0.2, 0.25) is 0 Å². The van der Waals surface area contributed by atoms with Gasteiger partial charge in [-0.1, -0.05) is 6.07 Å². The van der Waals surface area contributed by atoms with Crippen molar-refractivity contribution in [3.63, 3.8) is 0 Å². The fourth-order valence-electron chi connectivity index (χ4n) is 5.19. The summed E-state index contributed by atoms with van der Waals surface area (Å²) in [6.07, 6.45) is 5.07. The largest absolute Gasteiger partial charge is 0.480 e. The number of carbonyl (C=O) groups is 3. The number of carboxylic acids is 1. The predicted molar refractivity (Wildman–Crippen MR) is 144 cm³/mol. The van der Waals surface area contributed by atoms with Crippen LogP contribution in [0.4, 0.5) is 15.4 Å². The number of fused-ring (bicyclic) bond motifs is 1. The zero-order valence-electron chi connectivity index (χ0n) is 23.5. The van der Waals surface area contributed by atoms with E-state index in [-0.39, 0.29) is 32.2 Å². The number of nitrogens with zero attached hydrogens (tertiary/aromatic N) is 2. The second-order valence-corrected chi connectivity index (χ2v) is 12.2. The molecule has 1 unspecified atom stereocenters. The summed E-state index contributed by atoms with van der Waals surface area (Å²) in [4.78, 5) is 42.3. The van der Waals surface area contributed by atoms with Crippen LogP contribution in [0.5, 0.6) is 0 Å². The van der Waals surface area contributed by atoms with Gasteiger partial charge in [0.05, 0.1) is 19.2 Å². The molecule has 1 aliphatic carbocycles. The predicted octanol–water partition coefficient (Wildman–Crippen LogP) is 3.75. The zero-order chi connectivity index (χ0) is 28.2. The molecule has 1 saturated carbocycles. The molecule has 3 heterocycles. The lowest BCUT2D eigenvalue weighted by molar-refractivity contribution is -0.140. The van der Waals surface area contributed by atoms with Gasteiger partial charge in [0.15, 0.2) is 0 Å². The number of nitrogens with one attached hydrogen (secondary N) is 2. The lowest BCUT2D eigenvalue weighted by Gasteiger charge is -2.46. The number of rotatable bonds is 10. The van der Waals surface area contributed by atoms with E-state index in [1.54, 1.807) is 27.7 Å². The summed E-state index contributed by atoms with van der Waals surface area (Å²) in [5.74, 6) is 0.458. The van der Waals surface area contributed by atoms with E-state index in [0.717, 1.165) is 56.6 Å². The molecular formula is C28H42N4O7. The van der Waals surface area contributed by atoms with Gasteiger partial charge in [0.25, 0.3) is 0 Å². The first-order valence-electron chi connectivity index (χ1n) is 13.9. The van der Waals surface area contributed by atoms with Crippen LogP contribution in [-0.2, 0) is 31.8 Å². The third-order valence-electron chi connectivity index (χ3n) is 7.34. The minimum Gasteiger partial charge on any atom is -0.480 e. The Morgan fingerprint density at radius 1 is 1.26 bits per heavy atom. The fourth-order valence-corrected chi connectivity index (χ4v) is 5.19. The first-order valence-corrected chi connectivity index (χ1v) is 13.9. The molecule has 1 aromatic heterocycles. The van der Waals surface area contributed by atoms with Gasteiger partial charge >= 0.3 is 18.2 Å². The van der Waals surface area contributed by atoms with Crippen molar-refractivity contribution in [1.82, 2.24) is 15.2 Å². The monoisotopic (exact) mass is 546 g/mol. The number of hydrogen-bond donors (Lipinski definition) is 3. The van der Waals surface area contributed by atoms with Gasteiger partial charge in [-0.15, -0.1) is 0 Å². The zero-order valence-corrected chi connectivity index (χ0v) is 23.5. The Morgan fingerprint density at radius 3 is 2.69 bits per heavy atom. The Morgan fingerprint density at radius 2 is 2.00 bits per heavy atom. The van der Waals surface area contributed by atoms with Crippen LogP contribution in [0.1, 0.15) is 71.1 Å². The number of likely N-dealkylation sites (tertiary alicyclic amines) is 1. The molecule has 0 radical (unpaired) electrons. The van der Waals surface area contributed by atoms with E-state index in [2.05, 4.69) is 22.8 Å². The van der Waals surface area contributed by atoms with Gasteiger partial charge in [0.1, 0.15) is 23.1 Å². The second-order valence-electron chi connectivity index (χ2n) is 12.2. The van der Waals surface area contributed by atoms with Crippen LogP contribution in [0.15, 0.2) is 12.1 Å². The van der Waals surface area contributed by atoms with Crippen molar-refractivity contribution in [2.24, 2.45) is 5.92 Å². The molecule has 11 nitrogen and oxygen atoms in total. The summed E-state index contributed by atoms with van der Waals surface area (Å²) < 4.78 is 16.6. The molecule has 2 fully saturated rings. The number of pyridine rings is 1. The quantitative estimate of drug-likeness (QED) is 0.400. The molecule has 3 N–H and O–H groups in total. The Labute approximate surface area is 230 Å². The van der Waals surface area contributed by atoms with Gasteiger partial charge in [-0.05, 0) is 83.8 Å². The number of aryl methyl sites for hydroxylation is 2. The van der Waals surface area contributed by atoms with E-state index in [1.165, 1.54) is 10.5 Å². The first kappa shape index (κ1) is 28.9. The van der Waals surface area contributed by atoms with E-state index in [4.69, 9.17) is 19.2 Å². The molecule has 39 heavy (non-hydrogen) atoms. The van der Waals surface area contributed by atoms with Gasteiger partial charge in [-0.25, -0.2) is 19.4 Å². The Bertz CT molecular complexity index is 1040. The molecule has 1 saturated heterocycles. The van der Waals surface area contributed by atoms with Crippen molar-refractivity contribution in [2.45, 2.75) is 96.0 Å². The normalized spacial score (nSPS) is 22.3. The van der Waals surface area contributed by atoms with E-state index < -0.39 is 35.4 Å². The van der Waals surface area contributed by atoms with E-state index in [1.807, 2.05) is 0 Å². The number of ether oxygens (including phenoxy) is 3. The van der Waals surface area contributed by atoms with Gasteiger partial charge in [0, 0.05) is 25.3 Å². The van der Waals surface area contributed by atoms with Crippen LogP contribution in [0.3, 0.4) is 0 Å². The molecule has 0 aromatic carbocycles. The van der Waals surface area contributed by atoms with Crippen molar-refractivity contribution < 1.29 is 33.7 Å². The van der Waals surface area contributed by atoms with Gasteiger partial charge < -0.3 is 34.9 Å². The molecule has 11 heteroatoms. The molecule has 1 atom stereocenters. The minimum atomic E-state index is -1.15. The van der Waals surface area contributed by atoms with Crippen LogP contribution in [-0.4, -0.2) is 82.7 Å². The molecule has 4 rings (SSSR count). The van der Waals surface area contributed by atoms with Crippen LogP contribution < -0.4 is 10.6 Å². The lowest BCUT2D eigenvalue weighted by Crippen LogP contribution is -2.65. The lowest BCUT2D eigenvalue weighted by atomic mass is 9.79. The maximum Gasteiger partial charge on any atom is 0.410 e. The van der Waals surface area contributed by atoms with Crippen LogP contribution in [0, 0.1) is 5.92 Å². The Balaban J connectivity index is 1.10. The summed E-state index contributed by atoms with van der Waals surface area (Å²) in [6, 6.07) is 3.19. The van der Waals surface area contributed by atoms with Crippen LogP contribution in [0.2, 0.25) is 0 Å². The highest BCUT2D eigenvalue weighted by molar-refractivity contribution is 5.80. The molecule has 2 amide bonds. The van der Waals surface area contributed by atoms with Crippen LogP contribution >= 0.6 is 0 Å². The Kier molecular flexibility index (Phi) is 8.88. The van der Waals surface area contributed by atoms with Gasteiger partial charge in [-0.3, -0.25) is 0 Å². The molecule has 3 aliphatic rings. The highest BCUT2D eigenvalue weighted by atomic mass is 16.6. The van der Waals surface area contributed by atoms with Gasteiger partial charge in [-0.2, -0.15) is 0 Å². The number of aromatic nitrogens is 1. The van der Waals surface area contributed by atoms with E-state index in [9.17, 15) is 19.5 Å². The Hall–Kier alpha value is -3.08. The summed E-state index contributed by atoms with van der Waals surface area (Å²) in [6.45, 7) is 8.60. The van der Waals surface area contributed by atoms with Crippen molar-refractivity contribution >= 4 is 24.0 Å². The SMILES string of the molecule is CC(C)(C)OC(=O)N1CC(C)(OC(=O)NC(CCO[C@H]2C[C@H](CCc3ccc4c(n3)NCCC4)C2)C(=O)O)C1. The number of anilines is 1. The molecular weight excluding hydrogens is 504 g/mol. The first-order chi connectivity index (χ1) is 18.4. The number of hydrogen-bond acceptors (Lipinski definition) is 8. The summed E-state index contributed by atoms with van der Waals surface area (Å²) in [7, 11) is 0. The fraction of sp³-hybridized carbons (Fsp3) is 0.714. The number of alkyl carbamates (subject to hydrolysis) is 1. The smallest absolute Gasteiger partial charge is 0.410 e. The number of carboxylic acid groups (broad SMARTS) is 1. The average Bonchev–Trinajstić information content (AvgIpc) is 2.81. The standard InChI is InChI=1S/C28H42N4O7/c1-27(2,3)39-26(36)32-16-28(4,17-32)38-25(35)31-22(24(33)34)11-13-37-21-14-18(15-21)7-9-20-10-8-19-6-5-12-29-23(19)30-20/h8,10,18,21-22H,5-7,9,11-17H2,1-4H3,(H,29,30)(H,31,35)(H,33,34)/t18-,21-,22?. The number of carbonyl (C=O) groups excluding carboxylic acids is 2. The van der Waals surface area contributed by atoms with Crippen LogP contribution in [0.25, 0.3) is 0 Å². The van der Waals surface area contributed by atoms with Crippen molar-refractivity contribution in [3.8, 4) is 0 Å². The average molecular weight is 547 g/mol.